The Morgan fingerprint density at radius 2 is 1.21 bits per heavy atom. The van der Waals surface area contributed by atoms with Crippen LogP contribution in [0.3, 0.4) is 0 Å². The van der Waals surface area contributed by atoms with Crippen molar-refractivity contribution in [2.24, 2.45) is 5.92 Å². The third-order valence-corrected chi connectivity index (χ3v) is 7.01. The Morgan fingerprint density at radius 1 is 0.721 bits per heavy atom. The SMILES string of the molecule is C=CCOCCOCCOCCOc1ccc(-c2ccc(C(=O)Oc3ccc(OC(=O)C(Cl)C(C)CC)cc3)cc2)cc1. The molecule has 0 bridgehead atoms. The third-order valence-electron chi connectivity index (χ3n) is 6.41. The highest BCUT2D eigenvalue weighted by Gasteiger charge is 2.23. The van der Waals surface area contributed by atoms with E-state index in [0.29, 0.717) is 63.3 Å². The van der Waals surface area contributed by atoms with Gasteiger partial charge in [0, 0.05) is 0 Å². The lowest BCUT2D eigenvalue weighted by molar-refractivity contribution is -0.134. The number of ether oxygens (including phenoxy) is 6. The fraction of sp³-hybridized carbons (Fsp3) is 0.353. The molecule has 0 radical (unpaired) electrons. The van der Waals surface area contributed by atoms with Gasteiger partial charge in [0.1, 0.15) is 29.2 Å². The summed E-state index contributed by atoms with van der Waals surface area (Å²) in [7, 11) is 0. The van der Waals surface area contributed by atoms with E-state index in [4.69, 9.17) is 40.0 Å². The predicted molar refractivity (Wildman–Crippen MR) is 166 cm³/mol. The van der Waals surface area contributed by atoms with Crippen molar-refractivity contribution in [1.29, 1.82) is 0 Å². The quantitative estimate of drug-likeness (QED) is 0.0484. The van der Waals surface area contributed by atoms with Crippen molar-refractivity contribution in [2.45, 2.75) is 25.6 Å². The fourth-order valence-corrected chi connectivity index (χ4v) is 3.94. The van der Waals surface area contributed by atoms with Crippen LogP contribution >= 0.6 is 11.6 Å². The van der Waals surface area contributed by atoms with E-state index in [-0.39, 0.29) is 5.92 Å². The molecule has 43 heavy (non-hydrogen) atoms. The lowest BCUT2D eigenvalue weighted by atomic mass is 10.0. The van der Waals surface area contributed by atoms with Crippen molar-refractivity contribution in [3.8, 4) is 28.4 Å². The Balaban J connectivity index is 1.39. The Bertz CT molecular complexity index is 1260. The van der Waals surface area contributed by atoms with Crippen LogP contribution in [0.2, 0.25) is 0 Å². The highest BCUT2D eigenvalue weighted by Crippen LogP contribution is 2.25. The number of alkyl halides is 1. The predicted octanol–water partition coefficient (Wildman–Crippen LogP) is 6.75. The highest BCUT2D eigenvalue weighted by atomic mass is 35.5. The summed E-state index contributed by atoms with van der Waals surface area (Å²) in [5.74, 6) is 0.396. The average molecular weight is 611 g/mol. The molecule has 230 valence electrons. The molecule has 0 spiro atoms. The number of carbonyl (C=O) groups excluding carboxylic acids is 2. The molecular formula is C34H39ClO8. The van der Waals surface area contributed by atoms with Gasteiger partial charge in [0.2, 0.25) is 0 Å². The van der Waals surface area contributed by atoms with Gasteiger partial charge in [0.25, 0.3) is 0 Å². The first-order valence-electron chi connectivity index (χ1n) is 14.3. The number of carbonyl (C=O) groups is 2. The molecule has 0 aliphatic carbocycles. The maximum atomic E-state index is 12.6. The van der Waals surface area contributed by atoms with Crippen LogP contribution < -0.4 is 14.2 Å². The Morgan fingerprint density at radius 3 is 1.77 bits per heavy atom. The molecule has 0 aliphatic heterocycles. The second-order valence-corrected chi connectivity index (χ2v) is 10.1. The normalized spacial score (nSPS) is 12.3. The average Bonchev–Trinajstić information content (AvgIpc) is 3.04. The van der Waals surface area contributed by atoms with Crippen LogP contribution in [0, 0.1) is 5.92 Å². The van der Waals surface area contributed by atoms with Gasteiger partial charge in [-0.2, -0.15) is 0 Å². The lowest BCUT2D eigenvalue weighted by Gasteiger charge is -2.15. The maximum Gasteiger partial charge on any atom is 0.343 e. The molecule has 3 aromatic rings. The number of halogens is 1. The van der Waals surface area contributed by atoms with Crippen molar-refractivity contribution in [3.05, 3.63) is 91.0 Å². The summed E-state index contributed by atoms with van der Waals surface area (Å²) >= 11 is 6.15. The molecule has 2 atom stereocenters. The molecule has 0 aromatic heterocycles. The van der Waals surface area contributed by atoms with Gasteiger partial charge in [-0.25, -0.2) is 4.79 Å². The van der Waals surface area contributed by atoms with E-state index in [0.717, 1.165) is 23.3 Å². The van der Waals surface area contributed by atoms with Gasteiger partial charge in [0.05, 0.1) is 45.2 Å². The first kappa shape index (κ1) is 33.8. The molecule has 0 saturated carbocycles. The number of hydrogen-bond acceptors (Lipinski definition) is 8. The summed E-state index contributed by atoms with van der Waals surface area (Å²) < 4.78 is 32.7. The van der Waals surface area contributed by atoms with Crippen molar-refractivity contribution in [1.82, 2.24) is 0 Å². The molecule has 3 aromatic carbocycles. The van der Waals surface area contributed by atoms with Gasteiger partial charge in [-0.05, 0) is 65.6 Å². The van der Waals surface area contributed by atoms with Crippen molar-refractivity contribution >= 4 is 23.5 Å². The molecule has 0 fully saturated rings. The highest BCUT2D eigenvalue weighted by molar-refractivity contribution is 6.30. The maximum absolute atomic E-state index is 12.6. The number of hydrogen-bond donors (Lipinski definition) is 0. The summed E-state index contributed by atoms with van der Waals surface area (Å²) in [5.41, 5.74) is 2.34. The zero-order valence-corrected chi connectivity index (χ0v) is 25.4. The van der Waals surface area contributed by atoms with Crippen LogP contribution in [0.5, 0.6) is 17.2 Å². The number of esters is 2. The largest absolute Gasteiger partial charge is 0.491 e. The fourth-order valence-electron chi connectivity index (χ4n) is 3.72. The molecule has 0 aliphatic rings. The molecular weight excluding hydrogens is 572 g/mol. The van der Waals surface area contributed by atoms with E-state index in [9.17, 15) is 9.59 Å². The first-order chi connectivity index (χ1) is 20.9. The van der Waals surface area contributed by atoms with Crippen molar-refractivity contribution in [2.75, 3.05) is 46.2 Å². The molecule has 8 nitrogen and oxygen atoms in total. The van der Waals surface area contributed by atoms with Gasteiger partial charge < -0.3 is 28.4 Å². The number of rotatable bonds is 19. The molecule has 3 rings (SSSR count). The van der Waals surface area contributed by atoms with Crippen LogP contribution in [0.25, 0.3) is 11.1 Å². The van der Waals surface area contributed by atoms with Crippen LogP contribution in [-0.4, -0.2) is 63.6 Å². The Kier molecular flexibility index (Phi) is 14.8. The van der Waals surface area contributed by atoms with E-state index in [1.165, 1.54) is 0 Å². The Hall–Kier alpha value is -3.69. The summed E-state index contributed by atoms with van der Waals surface area (Å²) in [6.07, 6.45) is 2.47. The van der Waals surface area contributed by atoms with Crippen LogP contribution in [0.15, 0.2) is 85.5 Å². The monoisotopic (exact) mass is 610 g/mol. The van der Waals surface area contributed by atoms with E-state index in [2.05, 4.69) is 6.58 Å². The van der Waals surface area contributed by atoms with Gasteiger partial charge >= 0.3 is 11.9 Å². The van der Waals surface area contributed by atoms with Crippen LogP contribution in [0.4, 0.5) is 0 Å². The van der Waals surface area contributed by atoms with Gasteiger partial charge in [0.15, 0.2) is 0 Å². The Labute approximate surface area is 258 Å². The van der Waals surface area contributed by atoms with Gasteiger partial charge in [-0.15, -0.1) is 18.2 Å². The molecule has 0 N–H and O–H groups in total. The minimum absolute atomic E-state index is 0.000767. The third kappa shape index (κ3) is 11.8. The second-order valence-electron chi connectivity index (χ2n) is 9.61. The van der Waals surface area contributed by atoms with E-state index >= 15 is 0 Å². The first-order valence-corrected chi connectivity index (χ1v) is 14.7. The zero-order chi connectivity index (χ0) is 30.9. The van der Waals surface area contributed by atoms with Crippen LogP contribution in [-0.2, 0) is 19.0 Å². The minimum atomic E-state index is -0.725. The molecule has 2 unspecified atom stereocenters. The molecule has 0 heterocycles. The topological polar surface area (TPSA) is 89.5 Å². The standard InChI is InChI=1S/C34H39ClO8/c1-4-18-38-19-20-39-21-22-40-23-24-41-29-12-10-27(11-13-29)26-6-8-28(9-7-26)33(36)42-30-14-16-31(17-15-30)43-34(37)32(35)25(3)5-2/h4,6-17,25,32H,1,5,18-24H2,2-3H3. The zero-order valence-electron chi connectivity index (χ0n) is 24.7. The minimum Gasteiger partial charge on any atom is -0.491 e. The second kappa shape index (κ2) is 18.8. The molecule has 0 saturated heterocycles. The van der Waals surface area contributed by atoms with E-state index < -0.39 is 17.3 Å². The van der Waals surface area contributed by atoms with Crippen molar-refractivity contribution < 1.29 is 38.0 Å². The molecule has 9 heteroatoms. The van der Waals surface area contributed by atoms with Gasteiger partial charge in [-0.3, -0.25) is 4.79 Å². The smallest absolute Gasteiger partial charge is 0.343 e. The summed E-state index contributed by atoms with van der Waals surface area (Å²) in [5, 5.41) is -0.725. The summed E-state index contributed by atoms with van der Waals surface area (Å²) in [6, 6.07) is 21.1. The molecule has 0 amide bonds. The summed E-state index contributed by atoms with van der Waals surface area (Å²) in [6.45, 7) is 10.9. The lowest BCUT2D eigenvalue weighted by Crippen LogP contribution is -2.26. The van der Waals surface area contributed by atoms with E-state index in [1.54, 1.807) is 42.5 Å². The van der Waals surface area contributed by atoms with Crippen molar-refractivity contribution in [3.63, 3.8) is 0 Å². The number of benzene rings is 3. The van der Waals surface area contributed by atoms with E-state index in [1.807, 2.05) is 50.2 Å². The summed E-state index contributed by atoms with van der Waals surface area (Å²) in [4.78, 5) is 24.8. The van der Waals surface area contributed by atoms with Crippen LogP contribution in [0.1, 0.15) is 30.6 Å². The van der Waals surface area contributed by atoms with Gasteiger partial charge in [-0.1, -0.05) is 50.6 Å².